The molecule has 0 aromatic heterocycles. The topological polar surface area (TPSA) is 73.9 Å². The molecule has 2 fully saturated rings. The van der Waals surface area contributed by atoms with Crippen LogP contribution in [-0.2, 0) is 19.5 Å². The zero-order chi connectivity index (χ0) is 17.2. The van der Waals surface area contributed by atoms with Crippen LogP contribution in [0.4, 0.5) is 0 Å². The number of sulfonamides is 1. The molecule has 1 aromatic rings. The number of hydrogen-bond donors (Lipinski definition) is 1. The van der Waals surface area contributed by atoms with E-state index in [0.717, 1.165) is 31.2 Å². The van der Waals surface area contributed by atoms with E-state index in [1.54, 1.807) is 12.1 Å². The van der Waals surface area contributed by atoms with Crippen molar-refractivity contribution in [3.63, 3.8) is 0 Å². The number of benzene rings is 1. The third-order valence-corrected chi connectivity index (χ3v) is 6.08. The molecule has 1 spiro atoms. The summed E-state index contributed by atoms with van der Waals surface area (Å²) in [5, 5.41) is 0. The molecule has 24 heavy (non-hydrogen) atoms. The van der Waals surface area contributed by atoms with E-state index in [4.69, 9.17) is 14.2 Å². The van der Waals surface area contributed by atoms with E-state index in [9.17, 15) is 8.42 Å². The molecule has 1 saturated carbocycles. The van der Waals surface area contributed by atoms with Gasteiger partial charge in [0, 0.05) is 19.4 Å². The van der Waals surface area contributed by atoms with Crippen LogP contribution in [0.5, 0.6) is 5.75 Å². The third kappa shape index (κ3) is 3.74. The molecule has 1 aliphatic carbocycles. The minimum Gasteiger partial charge on any atom is -0.495 e. The van der Waals surface area contributed by atoms with Crippen LogP contribution in [0.3, 0.4) is 0 Å². The second-order valence-corrected chi connectivity index (χ2v) is 8.26. The zero-order valence-corrected chi connectivity index (χ0v) is 15.0. The number of nitrogens with one attached hydrogen (secondary N) is 1. The zero-order valence-electron chi connectivity index (χ0n) is 14.2. The van der Waals surface area contributed by atoms with E-state index < -0.39 is 15.8 Å². The van der Waals surface area contributed by atoms with Crippen LogP contribution in [0.2, 0.25) is 0 Å². The summed E-state index contributed by atoms with van der Waals surface area (Å²) < 4.78 is 44.9. The molecule has 1 N–H and O–H groups in total. The van der Waals surface area contributed by atoms with E-state index >= 15 is 0 Å². The van der Waals surface area contributed by atoms with Gasteiger partial charge in [-0.3, -0.25) is 0 Å². The molecule has 0 radical (unpaired) electrons. The van der Waals surface area contributed by atoms with Gasteiger partial charge in [0.05, 0.1) is 19.8 Å². The molecular formula is C17H25NO5S. The van der Waals surface area contributed by atoms with Gasteiger partial charge in [-0.05, 0) is 37.5 Å². The minimum atomic E-state index is -3.67. The quantitative estimate of drug-likeness (QED) is 0.878. The van der Waals surface area contributed by atoms with Crippen LogP contribution >= 0.6 is 0 Å². The second kappa shape index (κ2) is 7.00. The first-order valence-electron chi connectivity index (χ1n) is 8.40. The summed E-state index contributed by atoms with van der Waals surface area (Å²) in [4.78, 5) is 0.149. The normalized spacial score (nSPS) is 23.5. The van der Waals surface area contributed by atoms with Gasteiger partial charge in [-0.2, -0.15) is 0 Å². The predicted octanol–water partition coefficient (Wildman–Crippen LogP) is 2.36. The monoisotopic (exact) mass is 355 g/mol. The number of methoxy groups -OCH3 is 1. The molecule has 0 bridgehead atoms. The maximum Gasteiger partial charge on any atom is 0.244 e. The molecule has 0 amide bonds. The van der Waals surface area contributed by atoms with Crippen molar-refractivity contribution in [2.24, 2.45) is 0 Å². The van der Waals surface area contributed by atoms with E-state index in [-0.39, 0.29) is 17.5 Å². The highest BCUT2D eigenvalue weighted by molar-refractivity contribution is 7.89. The van der Waals surface area contributed by atoms with E-state index in [1.165, 1.54) is 13.5 Å². The average molecular weight is 355 g/mol. The Balaban J connectivity index is 1.65. The molecule has 6 nitrogen and oxygen atoms in total. The Morgan fingerprint density at radius 2 is 2.04 bits per heavy atom. The molecule has 2 aliphatic rings. The summed E-state index contributed by atoms with van der Waals surface area (Å²) in [5.74, 6) is -0.157. The SMILES string of the molecule is COc1ccc(C)cc1S(=O)(=O)NC[C@@H]1COC2(CCCCC2)O1. The first kappa shape index (κ1) is 17.7. The molecule has 1 aliphatic heterocycles. The van der Waals surface area contributed by atoms with Gasteiger partial charge in [0.25, 0.3) is 0 Å². The summed E-state index contributed by atoms with van der Waals surface area (Å²) >= 11 is 0. The van der Waals surface area contributed by atoms with Crippen LogP contribution in [0.1, 0.15) is 37.7 Å². The van der Waals surface area contributed by atoms with Crippen molar-refractivity contribution >= 4 is 10.0 Å². The lowest BCUT2D eigenvalue weighted by molar-refractivity contribution is -0.186. The standard InChI is InChI=1S/C17H25NO5S/c1-13-6-7-15(21-2)16(10-13)24(19,20)18-11-14-12-22-17(23-14)8-4-3-5-9-17/h6-7,10,14,18H,3-5,8-9,11-12H2,1-2H3/t14-/m1/s1. The Morgan fingerprint density at radius 1 is 1.29 bits per heavy atom. The molecule has 7 heteroatoms. The van der Waals surface area contributed by atoms with Crippen molar-refractivity contribution in [3.05, 3.63) is 23.8 Å². The summed E-state index contributed by atoms with van der Waals surface area (Å²) in [6.07, 6.45) is 4.93. The lowest BCUT2D eigenvalue weighted by Crippen LogP contribution is -2.37. The Labute approximate surface area is 143 Å². The minimum absolute atomic E-state index is 0.149. The highest BCUT2D eigenvalue weighted by Gasteiger charge is 2.42. The van der Waals surface area contributed by atoms with Crippen LogP contribution in [-0.4, -0.2) is 40.6 Å². The van der Waals surface area contributed by atoms with Crippen LogP contribution in [0, 0.1) is 6.92 Å². The van der Waals surface area contributed by atoms with Crippen molar-refractivity contribution in [3.8, 4) is 5.75 Å². The van der Waals surface area contributed by atoms with Gasteiger partial charge in [-0.25, -0.2) is 13.1 Å². The van der Waals surface area contributed by atoms with Gasteiger partial charge in [0.15, 0.2) is 5.79 Å². The van der Waals surface area contributed by atoms with Crippen LogP contribution in [0.15, 0.2) is 23.1 Å². The maximum absolute atomic E-state index is 12.6. The van der Waals surface area contributed by atoms with E-state index in [2.05, 4.69) is 4.72 Å². The fraction of sp³-hybridized carbons (Fsp3) is 0.647. The third-order valence-electron chi connectivity index (χ3n) is 4.64. The smallest absolute Gasteiger partial charge is 0.244 e. The van der Waals surface area contributed by atoms with Crippen molar-refractivity contribution < 1.29 is 22.6 Å². The lowest BCUT2D eigenvalue weighted by atomic mass is 9.94. The Bertz CT molecular complexity index is 682. The average Bonchev–Trinajstić information content (AvgIpc) is 2.96. The first-order valence-corrected chi connectivity index (χ1v) is 9.88. The summed E-state index contributed by atoms with van der Waals surface area (Å²) in [6, 6.07) is 5.09. The molecule has 1 saturated heterocycles. The molecule has 134 valence electrons. The van der Waals surface area contributed by atoms with Gasteiger partial charge >= 0.3 is 0 Å². The summed E-state index contributed by atoms with van der Waals surface area (Å²) in [7, 11) is -2.20. The Kier molecular flexibility index (Phi) is 5.15. The van der Waals surface area contributed by atoms with Gasteiger partial charge in [0.2, 0.25) is 10.0 Å². The molecule has 1 heterocycles. The van der Waals surface area contributed by atoms with Crippen LogP contribution < -0.4 is 9.46 Å². The largest absolute Gasteiger partial charge is 0.495 e. The maximum atomic E-state index is 12.6. The number of aryl methyl sites for hydroxylation is 1. The summed E-state index contributed by atoms with van der Waals surface area (Å²) in [6.45, 7) is 2.47. The van der Waals surface area contributed by atoms with Crippen LogP contribution in [0.25, 0.3) is 0 Å². The summed E-state index contributed by atoms with van der Waals surface area (Å²) in [5.41, 5.74) is 0.859. The lowest BCUT2D eigenvalue weighted by Gasteiger charge is -2.31. The van der Waals surface area contributed by atoms with E-state index in [0.29, 0.717) is 12.4 Å². The van der Waals surface area contributed by atoms with Crippen molar-refractivity contribution in [1.82, 2.24) is 4.72 Å². The number of rotatable bonds is 5. The molecule has 0 unspecified atom stereocenters. The second-order valence-electron chi connectivity index (χ2n) is 6.53. The fourth-order valence-electron chi connectivity index (χ4n) is 3.34. The highest BCUT2D eigenvalue weighted by Crippen LogP contribution is 2.37. The molecular weight excluding hydrogens is 330 g/mol. The molecule has 3 rings (SSSR count). The van der Waals surface area contributed by atoms with Crippen molar-refractivity contribution in [1.29, 1.82) is 0 Å². The predicted molar refractivity (Wildman–Crippen MR) is 89.6 cm³/mol. The number of ether oxygens (including phenoxy) is 3. The van der Waals surface area contributed by atoms with Gasteiger partial charge < -0.3 is 14.2 Å². The van der Waals surface area contributed by atoms with Crippen molar-refractivity contribution in [2.75, 3.05) is 20.3 Å². The Morgan fingerprint density at radius 3 is 2.75 bits per heavy atom. The number of hydrogen-bond acceptors (Lipinski definition) is 5. The van der Waals surface area contributed by atoms with Gasteiger partial charge in [-0.15, -0.1) is 0 Å². The molecule has 1 aromatic carbocycles. The van der Waals surface area contributed by atoms with Gasteiger partial charge in [-0.1, -0.05) is 12.5 Å². The molecule has 1 atom stereocenters. The van der Waals surface area contributed by atoms with Gasteiger partial charge in [0.1, 0.15) is 10.6 Å². The Hall–Kier alpha value is -1.15. The van der Waals surface area contributed by atoms with Crippen molar-refractivity contribution in [2.45, 2.75) is 55.8 Å². The van der Waals surface area contributed by atoms with E-state index in [1.807, 2.05) is 13.0 Å². The fourth-order valence-corrected chi connectivity index (χ4v) is 4.66. The first-order chi connectivity index (χ1) is 11.4. The highest BCUT2D eigenvalue weighted by atomic mass is 32.2.